The van der Waals surface area contributed by atoms with Crippen LogP contribution in [0, 0.1) is 0 Å². The van der Waals surface area contributed by atoms with Crippen LogP contribution in [0.2, 0.25) is 0 Å². The van der Waals surface area contributed by atoms with E-state index in [1.54, 1.807) is 0 Å². The highest BCUT2D eigenvalue weighted by Gasteiger charge is 2.37. The van der Waals surface area contributed by atoms with Crippen molar-refractivity contribution in [2.45, 2.75) is 38.5 Å². The number of aromatic nitrogens is 2. The molecule has 0 spiro atoms. The van der Waals surface area contributed by atoms with E-state index in [0.717, 1.165) is 33.9 Å². The van der Waals surface area contributed by atoms with Crippen LogP contribution in [0.5, 0.6) is 0 Å². The molecule has 220 valence electrons. The van der Waals surface area contributed by atoms with Gasteiger partial charge in [0.2, 0.25) is 0 Å². The van der Waals surface area contributed by atoms with Crippen molar-refractivity contribution in [3.8, 4) is 56.2 Å². The Balaban J connectivity index is 1.20. The number of nitrogens with zero attached hydrogens (tertiary/aromatic N) is 2. The van der Waals surface area contributed by atoms with Crippen LogP contribution in [0.3, 0.4) is 0 Å². The quantitative estimate of drug-likeness (QED) is 0.205. The summed E-state index contributed by atoms with van der Waals surface area (Å²) in [5, 5.41) is 2.51. The molecule has 0 aliphatic heterocycles. The average Bonchev–Trinajstić information content (AvgIpc) is 3.48. The molecule has 0 atom stereocenters. The molecule has 9 rings (SSSR count). The standard InChI is InChI=1S/C44H34N2/c1-43(2)36-16-10-8-14-32(36)34-22-19-29(25-38(34)43)40-26-39(27-12-6-5-7-13-27)45-42(46-40)30-20-21-31-28(24-30)18-23-35-33-15-9-11-17-37(33)44(3,4)41(31)35/h5-26H,1-4H3. The Morgan fingerprint density at radius 1 is 0.413 bits per heavy atom. The van der Waals surface area contributed by atoms with Gasteiger partial charge in [-0.3, -0.25) is 0 Å². The maximum Gasteiger partial charge on any atom is 0.160 e. The Morgan fingerprint density at radius 3 is 1.76 bits per heavy atom. The molecule has 0 fully saturated rings. The van der Waals surface area contributed by atoms with E-state index in [9.17, 15) is 0 Å². The summed E-state index contributed by atoms with van der Waals surface area (Å²) in [6.07, 6.45) is 0. The van der Waals surface area contributed by atoms with Gasteiger partial charge < -0.3 is 0 Å². The normalized spacial score (nSPS) is 14.9. The molecule has 0 saturated heterocycles. The van der Waals surface area contributed by atoms with E-state index >= 15 is 0 Å². The van der Waals surface area contributed by atoms with E-state index in [-0.39, 0.29) is 10.8 Å². The van der Waals surface area contributed by atoms with Crippen molar-refractivity contribution >= 4 is 10.8 Å². The summed E-state index contributed by atoms with van der Waals surface area (Å²) in [6, 6.07) is 48.4. The maximum atomic E-state index is 5.25. The summed E-state index contributed by atoms with van der Waals surface area (Å²) in [4.78, 5) is 10.4. The van der Waals surface area contributed by atoms with Gasteiger partial charge in [-0.1, -0.05) is 143 Å². The average molecular weight is 591 g/mol. The van der Waals surface area contributed by atoms with Gasteiger partial charge in [-0.2, -0.15) is 0 Å². The molecule has 2 heteroatoms. The van der Waals surface area contributed by atoms with Crippen LogP contribution in [-0.4, -0.2) is 9.97 Å². The number of fused-ring (bicyclic) bond motifs is 8. The first-order valence-corrected chi connectivity index (χ1v) is 16.2. The summed E-state index contributed by atoms with van der Waals surface area (Å²) in [7, 11) is 0. The van der Waals surface area contributed by atoms with Gasteiger partial charge in [0.15, 0.2) is 5.82 Å². The largest absolute Gasteiger partial charge is 0.228 e. The predicted octanol–water partition coefficient (Wildman–Crippen LogP) is 11.2. The molecule has 2 aliphatic rings. The summed E-state index contributed by atoms with van der Waals surface area (Å²) >= 11 is 0. The second kappa shape index (κ2) is 9.58. The lowest BCUT2D eigenvalue weighted by atomic mass is 9.80. The molecule has 0 unspecified atom stereocenters. The van der Waals surface area contributed by atoms with Crippen LogP contribution in [0.1, 0.15) is 49.9 Å². The van der Waals surface area contributed by atoms with Crippen molar-refractivity contribution in [1.29, 1.82) is 0 Å². The zero-order chi connectivity index (χ0) is 31.2. The summed E-state index contributed by atoms with van der Waals surface area (Å²) in [5.41, 5.74) is 15.8. The zero-order valence-corrected chi connectivity index (χ0v) is 26.6. The molecule has 0 bridgehead atoms. The molecule has 7 aromatic rings. The lowest BCUT2D eigenvalue weighted by Crippen LogP contribution is -2.15. The molecule has 6 aromatic carbocycles. The van der Waals surface area contributed by atoms with Gasteiger partial charge in [0.25, 0.3) is 0 Å². The van der Waals surface area contributed by atoms with Gasteiger partial charge in [0.05, 0.1) is 11.4 Å². The van der Waals surface area contributed by atoms with Crippen LogP contribution in [-0.2, 0) is 10.8 Å². The van der Waals surface area contributed by atoms with E-state index < -0.39 is 0 Å². The molecule has 0 saturated carbocycles. The van der Waals surface area contributed by atoms with E-state index in [1.165, 1.54) is 55.3 Å². The summed E-state index contributed by atoms with van der Waals surface area (Å²) in [6.45, 7) is 9.35. The molecule has 46 heavy (non-hydrogen) atoms. The van der Waals surface area contributed by atoms with Crippen molar-refractivity contribution < 1.29 is 0 Å². The topological polar surface area (TPSA) is 25.8 Å². The van der Waals surface area contributed by atoms with Crippen molar-refractivity contribution in [1.82, 2.24) is 9.97 Å². The first kappa shape index (κ1) is 27.0. The minimum absolute atomic E-state index is 0.0646. The Hall–Kier alpha value is -5.34. The van der Waals surface area contributed by atoms with Crippen molar-refractivity contribution in [2.75, 3.05) is 0 Å². The van der Waals surface area contributed by atoms with E-state index in [2.05, 4.69) is 155 Å². The highest BCUT2D eigenvalue weighted by molar-refractivity contribution is 5.99. The third kappa shape index (κ3) is 3.83. The van der Waals surface area contributed by atoms with Gasteiger partial charge in [0, 0.05) is 27.5 Å². The highest BCUT2D eigenvalue weighted by Crippen LogP contribution is 2.52. The Morgan fingerprint density at radius 2 is 1.00 bits per heavy atom. The maximum absolute atomic E-state index is 5.25. The van der Waals surface area contributed by atoms with Crippen LogP contribution in [0.25, 0.3) is 66.9 Å². The molecule has 0 amide bonds. The number of benzene rings is 6. The van der Waals surface area contributed by atoms with Crippen molar-refractivity contribution in [2.24, 2.45) is 0 Å². The van der Waals surface area contributed by atoms with Gasteiger partial charge in [-0.15, -0.1) is 0 Å². The zero-order valence-electron chi connectivity index (χ0n) is 26.6. The fraction of sp³-hybridized carbons (Fsp3) is 0.136. The molecular formula is C44H34N2. The Kier molecular flexibility index (Phi) is 5.63. The van der Waals surface area contributed by atoms with E-state index in [0.29, 0.717) is 0 Å². The van der Waals surface area contributed by atoms with Crippen molar-refractivity contribution in [3.63, 3.8) is 0 Å². The minimum Gasteiger partial charge on any atom is -0.228 e. The molecule has 0 radical (unpaired) electrons. The van der Waals surface area contributed by atoms with Crippen LogP contribution in [0.4, 0.5) is 0 Å². The SMILES string of the molecule is CC1(C)c2ccccc2-c2ccc(-c3cc(-c4ccccc4)nc(-c4ccc5c6c(ccc5c4)-c4ccccc4C6(C)C)n3)cc21. The van der Waals surface area contributed by atoms with Crippen LogP contribution in [0.15, 0.2) is 133 Å². The third-order valence-corrected chi connectivity index (χ3v) is 10.5. The highest BCUT2D eigenvalue weighted by atomic mass is 14.9. The molecule has 0 N–H and O–H groups in total. The predicted molar refractivity (Wildman–Crippen MR) is 191 cm³/mol. The monoisotopic (exact) mass is 590 g/mol. The number of rotatable bonds is 3. The van der Waals surface area contributed by atoms with Gasteiger partial charge >= 0.3 is 0 Å². The van der Waals surface area contributed by atoms with Gasteiger partial charge in [0.1, 0.15) is 0 Å². The number of hydrogen-bond donors (Lipinski definition) is 0. The second-order valence-corrected chi connectivity index (χ2v) is 13.9. The lowest BCUT2D eigenvalue weighted by molar-refractivity contribution is 0.660. The van der Waals surface area contributed by atoms with E-state index in [1.807, 2.05) is 6.07 Å². The first-order valence-electron chi connectivity index (χ1n) is 16.2. The van der Waals surface area contributed by atoms with Crippen LogP contribution < -0.4 is 0 Å². The Bertz CT molecular complexity index is 2360. The molecular weight excluding hydrogens is 556 g/mol. The van der Waals surface area contributed by atoms with Crippen LogP contribution >= 0.6 is 0 Å². The van der Waals surface area contributed by atoms with E-state index in [4.69, 9.17) is 9.97 Å². The summed E-state index contributed by atoms with van der Waals surface area (Å²) < 4.78 is 0. The fourth-order valence-corrected chi connectivity index (χ4v) is 8.11. The Labute approximate surface area is 270 Å². The molecule has 2 aliphatic carbocycles. The lowest BCUT2D eigenvalue weighted by Gasteiger charge is -2.23. The second-order valence-electron chi connectivity index (χ2n) is 13.9. The summed E-state index contributed by atoms with van der Waals surface area (Å²) in [5.74, 6) is 0.740. The van der Waals surface area contributed by atoms with Gasteiger partial charge in [-0.05, 0) is 73.5 Å². The third-order valence-electron chi connectivity index (χ3n) is 10.5. The fourth-order valence-electron chi connectivity index (χ4n) is 8.11. The molecule has 1 aromatic heterocycles. The first-order chi connectivity index (χ1) is 22.3. The minimum atomic E-state index is -0.0773. The van der Waals surface area contributed by atoms with Gasteiger partial charge in [-0.25, -0.2) is 9.97 Å². The smallest absolute Gasteiger partial charge is 0.160 e. The number of hydrogen-bond acceptors (Lipinski definition) is 2. The molecule has 2 nitrogen and oxygen atoms in total. The molecule has 1 heterocycles. The van der Waals surface area contributed by atoms with Crippen molar-refractivity contribution in [3.05, 3.63) is 156 Å².